The number of allylic oxidation sites excluding steroid dienone is 4. The highest BCUT2D eigenvalue weighted by atomic mass is 15.0. The van der Waals surface area contributed by atoms with E-state index in [1.807, 2.05) is 0 Å². The Morgan fingerprint density at radius 2 is 1.27 bits per heavy atom. The molecule has 0 aliphatic heterocycles. The zero-order valence-electron chi connectivity index (χ0n) is 23.9. The van der Waals surface area contributed by atoms with E-state index in [0.717, 1.165) is 6.42 Å². The molecular formula is C40H33N. The van der Waals surface area contributed by atoms with E-state index < -0.39 is 0 Å². The fraction of sp³-hybridized carbons (Fsp3) is 0.150. The number of rotatable bonds is 3. The van der Waals surface area contributed by atoms with Crippen molar-refractivity contribution in [1.29, 1.82) is 0 Å². The highest BCUT2D eigenvalue weighted by Gasteiger charge is 2.43. The molecule has 0 saturated heterocycles. The van der Waals surface area contributed by atoms with Gasteiger partial charge >= 0.3 is 0 Å². The molecule has 8 rings (SSSR count). The Kier molecular flexibility index (Phi) is 5.28. The summed E-state index contributed by atoms with van der Waals surface area (Å²) in [5, 5.41) is 2.60. The van der Waals surface area contributed by atoms with E-state index in [0.29, 0.717) is 5.92 Å². The van der Waals surface area contributed by atoms with Gasteiger partial charge in [0.05, 0.1) is 11.0 Å². The van der Waals surface area contributed by atoms with Crippen molar-refractivity contribution < 1.29 is 0 Å². The first kappa shape index (κ1) is 24.2. The Hall–Kier alpha value is -4.62. The van der Waals surface area contributed by atoms with Gasteiger partial charge in [-0.25, -0.2) is 0 Å². The molecule has 0 bridgehead atoms. The van der Waals surface area contributed by atoms with Crippen molar-refractivity contribution in [2.45, 2.75) is 32.6 Å². The van der Waals surface area contributed by atoms with Crippen molar-refractivity contribution in [2.24, 2.45) is 5.92 Å². The molecule has 41 heavy (non-hydrogen) atoms. The first-order valence-electron chi connectivity index (χ1n) is 14.7. The van der Waals surface area contributed by atoms with Crippen molar-refractivity contribution in [2.75, 3.05) is 0 Å². The molecule has 2 aliphatic rings. The fourth-order valence-corrected chi connectivity index (χ4v) is 7.33. The first-order chi connectivity index (χ1) is 20.0. The van der Waals surface area contributed by atoms with Gasteiger partial charge in [-0.15, -0.1) is 0 Å². The quantitative estimate of drug-likeness (QED) is 0.216. The molecule has 1 nitrogen and oxygen atoms in total. The van der Waals surface area contributed by atoms with Crippen LogP contribution in [-0.4, -0.2) is 4.57 Å². The summed E-state index contributed by atoms with van der Waals surface area (Å²) in [6.45, 7) is 6.98. The second kappa shape index (κ2) is 8.94. The highest BCUT2D eigenvalue weighted by Crippen LogP contribution is 2.54. The number of fused-ring (bicyclic) bond motifs is 6. The van der Waals surface area contributed by atoms with Gasteiger partial charge in [-0.05, 0) is 100 Å². The molecule has 6 aromatic rings. The first-order valence-corrected chi connectivity index (χ1v) is 14.7. The van der Waals surface area contributed by atoms with Gasteiger partial charge < -0.3 is 4.57 Å². The molecule has 1 unspecified atom stereocenters. The molecule has 0 fully saturated rings. The summed E-state index contributed by atoms with van der Waals surface area (Å²) in [5.41, 5.74) is 14.8. The maximum atomic E-state index is 2.44. The van der Waals surface area contributed by atoms with Crippen LogP contribution in [0.4, 0.5) is 0 Å². The zero-order chi connectivity index (χ0) is 27.7. The smallest absolute Gasteiger partial charge is 0.0541 e. The molecule has 0 N–H and O–H groups in total. The van der Waals surface area contributed by atoms with Crippen LogP contribution in [0.5, 0.6) is 0 Å². The van der Waals surface area contributed by atoms with Gasteiger partial charge in [0.25, 0.3) is 0 Å². The Labute approximate surface area is 242 Å². The number of aromatic nitrogens is 1. The molecule has 1 aromatic heterocycles. The van der Waals surface area contributed by atoms with E-state index in [1.165, 1.54) is 72.0 Å². The summed E-state index contributed by atoms with van der Waals surface area (Å²) in [5.74, 6) is 0.495. The van der Waals surface area contributed by atoms with Crippen LogP contribution in [0.15, 0.2) is 127 Å². The number of nitrogens with zero attached hydrogens (tertiary/aromatic N) is 1. The van der Waals surface area contributed by atoms with Crippen LogP contribution < -0.4 is 0 Å². The second-order valence-corrected chi connectivity index (χ2v) is 12.3. The summed E-state index contributed by atoms with van der Waals surface area (Å²) in [6, 6.07) is 42.7. The maximum absolute atomic E-state index is 2.44. The van der Waals surface area contributed by atoms with Crippen molar-refractivity contribution in [3.63, 3.8) is 0 Å². The third kappa shape index (κ3) is 3.69. The molecule has 0 amide bonds. The van der Waals surface area contributed by atoms with Crippen molar-refractivity contribution in [3.05, 3.63) is 150 Å². The lowest BCUT2D eigenvalue weighted by Gasteiger charge is -2.31. The minimum absolute atomic E-state index is 0.123. The molecular weight excluding hydrogens is 494 g/mol. The van der Waals surface area contributed by atoms with Crippen LogP contribution >= 0.6 is 0 Å². The van der Waals surface area contributed by atoms with Crippen LogP contribution in [0.2, 0.25) is 0 Å². The van der Waals surface area contributed by atoms with E-state index in [-0.39, 0.29) is 5.41 Å². The molecule has 5 aromatic carbocycles. The standard InChI is InChI=1S/C40H33N/c1-26-13-15-27(16-14-26)28-18-21-38-34(23-28)35-24-29(19-22-39(35)41(38)31-9-5-4-6-10-31)30-17-20-33-32-11-7-8-12-36(32)40(2,3)37(33)25-30/h4-24,37H,25H2,1-3H3. The van der Waals surface area contributed by atoms with Gasteiger partial charge in [-0.2, -0.15) is 0 Å². The predicted molar refractivity (Wildman–Crippen MR) is 174 cm³/mol. The summed E-state index contributed by atoms with van der Waals surface area (Å²) >= 11 is 0. The topological polar surface area (TPSA) is 4.93 Å². The van der Waals surface area contributed by atoms with Crippen LogP contribution in [0, 0.1) is 12.8 Å². The maximum Gasteiger partial charge on any atom is 0.0541 e. The normalized spacial score (nSPS) is 17.3. The molecule has 2 aliphatic carbocycles. The summed E-state index contributed by atoms with van der Waals surface area (Å²) < 4.78 is 2.41. The number of aryl methyl sites for hydroxylation is 1. The average molecular weight is 528 g/mol. The third-order valence-corrected chi connectivity index (χ3v) is 9.60. The van der Waals surface area contributed by atoms with Crippen LogP contribution in [0.3, 0.4) is 0 Å². The molecule has 0 saturated carbocycles. The summed E-state index contributed by atoms with van der Waals surface area (Å²) in [4.78, 5) is 0. The van der Waals surface area contributed by atoms with E-state index in [9.17, 15) is 0 Å². The van der Waals surface area contributed by atoms with E-state index in [4.69, 9.17) is 0 Å². The van der Waals surface area contributed by atoms with Gasteiger partial charge in [0.1, 0.15) is 0 Å². The second-order valence-electron chi connectivity index (χ2n) is 12.3. The fourth-order valence-electron chi connectivity index (χ4n) is 7.33. The Morgan fingerprint density at radius 1 is 0.634 bits per heavy atom. The summed E-state index contributed by atoms with van der Waals surface area (Å²) in [6.07, 6.45) is 5.83. The number of para-hydroxylation sites is 1. The SMILES string of the molecule is Cc1ccc(-c2ccc3c(c2)c2cc(C4=CC=C5c6ccccc6C(C)(C)C5C4)ccc2n3-c2ccccc2)cc1. The minimum atomic E-state index is 0.123. The largest absolute Gasteiger partial charge is 0.309 e. The third-order valence-electron chi connectivity index (χ3n) is 9.60. The van der Waals surface area contributed by atoms with Crippen LogP contribution in [-0.2, 0) is 5.41 Å². The van der Waals surface area contributed by atoms with E-state index in [1.54, 1.807) is 0 Å². The molecule has 1 heterocycles. The van der Waals surface area contributed by atoms with Gasteiger partial charge in [0.2, 0.25) is 0 Å². The lowest BCUT2D eigenvalue weighted by Crippen LogP contribution is -2.24. The van der Waals surface area contributed by atoms with Gasteiger partial charge in [-0.1, -0.05) is 110 Å². The van der Waals surface area contributed by atoms with E-state index in [2.05, 4.69) is 153 Å². The van der Waals surface area contributed by atoms with Crippen molar-refractivity contribution in [3.8, 4) is 16.8 Å². The van der Waals surface area contributed by atoms with Crippen molar-refractivity contribution in [1.82, 2.24) is 4.57 Å². The Bertz CT molecular complexity index is 2030. The number of hydrogen-bond donors (Lipinski definition) is 0. The number of hydrogen-bond acceptors (Lipinski definition) is 0. The van der Waals surface area contributed by atoms with Gasteiger partial charge in [0.15, 0.2) is 0 Å². The van der Waals surface area contributed by atoms with Gasteiger partial charge in [0, 0.05) is 16.5 Å². The van der Waals surface area contributed by atoms with Crippen LogP contribution in [0.25, 0.3) is 49.8 Å². The molecule has 1 heteroatoms. The monoisotopic (exact) mass is 527 g/mol. The molecule has 0 radical (unpaired) electrons. The lowest BCUT2D eigenvalue weighted by molar-refractivity contribution is 0.418. The molecule has 0 spiro atoms. The number of benzene rings is 5. The Balaban J connectivity index is 1.30. The van der Waals surface area contributed by atoms with Crippen LogP contribution in [0.1, 0.15) is 42.5 Å². The van der Waals surface area contributed by atoms with Crippen molar-refractivity contribution >= 4 is 33.0 Å². The van der Waals surface area contributed by atoms with Gasteiger partial charge in [-0.3, -0.25) is 0 Å². The molecule has 1 atom stereocenters. The zero-order valence-corrected chi connectivity index (χ0v) is 23.9. The summed E-state index contributed by atoms with van der Waals surface area (Å²) in [7, 11) is 0. The van der Waals surface area contributed by atoms with E-state index >= 15 is 0 Å². The molecule has 198 valence electrons. The minimum Gasteiger partial charge on any atom is -0.309 e. The average Bonchev–Trinajstić information content (AvgIpc) is 3.46. The lowest BCUT2D eigenvalue weighted by atomic mass is 9.72. The highest BCUT2D eigenvalue weighted by molar-refractivity contribution is 6.11. The Morgan fingerprint density at radius 3 is 2.02 bits per heavy atom. The predicted octanol–water partition coefficient (Wildman–Crippen LogP) is 10.5.